The summed E-state index contributed by atoms with van der Waals surface area (Å²) in [6, 6.07) is 56.3. The van der Waals surface area contributed by atoms with Crippen molar-refractivity contribution in [1.82, 2.24) is 0 Å². The molecule has 6 aromatic carbocycles. The molecule has 0 heterocycles. The summed E-state index contributed by atoms with van der Waals surface area (Å²) < 4.78 is 36.3. The quantitative estimate of drug-likeness (QED) is 0.122. The standard InChI is InChI=1S/C66H78O6/c1-67-43-61-31-33-62(34-32-61,44-68-2)56-21-9-51(10-22-56)52-13-25-58(26-14-52)65(47-71-5)39-41-66(42-40-65,48-72-6)60-29-17-54(18-30-60)53-15-27-59(28-16-53)64(46-70-4)37-35-63(36-38-64,45-69-3)57-23-11-50(12-24-57)49-7-19-55(61)20-8-49/h7-30H,31-48H2,1-6H3. The molecule has 22 aliphatic rings. The van der Waals surface area contributed by atoms with Crippen LogP contribution in [0.15, 0.2) is 146 Å². The van der Waals surface area contributed by atoms with E-state index in [-0.39, 0.29) is 32.5 Å². The zero-order valence-electron chi connectivity index (χ0n) is 44.0. The Hall–Kier alpha value is -4.92. The highest BCUT2D eigenvalue weighted by Gasteiger charge is 2.48. The van der Waals surface area contributed by atoms with Gasteiger partial charge in [0.2, 0.25) is 0 Å². The van der Waals surface area contributed by atoms with Crippen molar-refractivity contribution in [3.8, 4) is 33.4 Å². The van der Waals surface area contributed by atoms with Crippen molar-refractivity contribution in [2.75, 3.05) is 82.3 Å². The highest BCUT2D eigenvalue weighted by atomic mass is 16.5. The smallest absolute Gasteiger partial charge is 0.0559 e. The van der Waals surface area contributed by atoms with Crippen LogP contribution in [-0.2, 0) is 60.9 Å². The molecule has 6 heteroatoms. The molecule has 22 aliphatic carbocycles. The van der Waals surface area contributed by atoms with Gasteiger partial charge in [-0.1, -0.05) is 146 Å². The third-order valence-corrected chi connectivity index (χ3v) is 19.0. The maximum atomic E-state index is 6.05. The minimum Gasteiger partial charge on any atom is -0.384 e. The molecule has 378 valence electrons. The highest BCUT2D eigenvalue weighted by Crippen LogP contribution is 2.53. The molecule has 0 unspecified atom stereocenters. The predicted octanol–water partition coefficient (Wildman–Crippen LogP) is 14.1. The van der Waals surface area contributed by atoms with Crippen LogP contribution in [0, 0.1) is 0 Å². The molecule has 0 N–H and O–H groups in total. The van der Waals surface area contributed by atoms with E-state index in [1.54, 1.807) is 0 Å². The minimum atomic E-state index is -0.0611. The molecule has 0 amide bonds. The van der Waals surface area contributed by atoms with Gasteiger partial charge in [0.25, 0.3) is 0 Å². The zero-order chi connectivity index (χ0) is 49.9. The van der Waals surface area contributed by atoms with Crippen LogP contribution in [0.25, 0.3) is 33.4 Å². The maximum absolute atomic E-state index is 6.05. The molecule has 18 bridgehead atoms. The first-order valence-electron chi connectivity index (χ1n) is 26.7. The summed E-state index contributed by atoms with van der Waals surface area (Å²) in [5, 5.41) is 0. The highest BCUT2D eigenvalue weighted by molar-refractivity contribution is 5.67. The zero-order valence-corrected chi connectivity index (χ0v) is 44.0. The summed E-state index contributed by atoms with van der Waals surface area (Å²) in [5.41, 5.74) is 15.2. The third-order valence-electron chi connectivity index (χ3n) is 19.0. The van der Waals surface area contributed by atoms with Gasteiger partial charge in [0.05, 0.1) is 39.6 Å². The van der Waals surface area contributed by atoms with Gasteiger partial charge in [-0.05, 0) is 144 Å². The molecule has 0 spiro atoms. The van der Waals surface area contributed by atoms with Crippen molar-refractivity contribution in [3.05, 3.63) is 179 Å². The second kappa shape index (κ2) is 21.1. The molecule has 0 saturated heterocycles. The SMILES string of the molecule is COCC12CCC(COC)(CC1)c1ccc(cc1)-c1ccc(cc1)C1(COC)CCC(COC)(CC1)c1ccc(cc1)-c1ccc(cc1)C1(COC)CCC(COC)(CC1)c1ccc(cc1)-c1ccc2cc1. The Morgan fingerprint density at radius 2 is 0.319 bits per heavy atom. The topological polar surface area (TPSA) is 55.4 Å². The van der Waals surface area contributed by atoms with Crippen molar-refractivity contribution < 1.29 is 28.4 Å². The largest absolute Gasteiger partial charge is 0.384 e. The molecule has 6 aromatic rings. The fourth-order valence-corrected chi connectivity index (χ4v) is 14.5. The average molecular weight is 967 g/mol. The van der Waals surface area contributed by atoms with Crippen LogP contribution in [0.3, 0.4) is 0 Å². The van der Waals surface area contributed by atoms with Crippen molar-refractivity contribution in [2.24, 2.45) is 0 Å². The first-order chi connectivity index (χ1) is 35.1. The van der Waals surface area contributed by atoms with Crippen LogP contribution < -0.4 is 0 Å². The Labute approximate surface area is 430 Å². The van der Waals surface area contributed by atoms with Crippen LogP contribution in [0.1, 0.15) is 110 Å². The fraction of sp³-hybridized carbons (Fsp3) is 0.455. The number of methoxy groups -OCH3 is 6. The van der Waals surface area contributed by atoms with Gasteiger partial charge in [-0.3, -0.25) is 0 Å². The van der Waals surface area contributed by atoms with E-state index in [1.165, 1.54) is 66.8 Å². The van der Waals surface area contributed by atoms with Crippen molar-refractivity contribution in [3.63, 3.8) is 0 Å². The van der Waals surface area contributed by atoms with Crippen molar-refractivity contribution >= 4 is 0 Å². The van der Waals surface area contributed by atoms with Crippen LogP contribution in [0.2, 0.25) is 0 Å². The van der Waals surface area contributed by atoms with Gasteiger partial charge in [0.15, 0.2) is 0 Å². The van der Waals surface area contributed by atoms with E-state index >= 15 is 0 Å². The summed E-state index contributed by atoms with van der Waals surface area (Å²) in [6.45, 7) is 4.20. The molecule has 6 nitrogen and oxygen atoms in total. The lowest BCUT2D eigenvalue weighted by Gasteiger charge is -2.47. The summed E-state index contributed by atoms with van der Waals surface area (Å²) in [4.78, 5) is 0. The van der Waals surface area contributed by atoms with E-state index in [2.05, 4.69) is 146 Å². The summed E-state index contributed by atoms with van der Waals surface area (Å²) in [6.07, 6.45) is 12.4. The monoisotopic (exact) mass is 967 g/mol. The summed E-state index contributed by atoms with van der Waals surface area (Å²) in [7, 11) is 11.1. The first kappa shape index (κ1) is 50.6. The minimum absolute atomic E-state index is 0.0611. The van der Waals surface area contributed by atoms with Crippen molar-refractivity contribution in [1.29, 1.82) is 0 Å². The van der Waals surface area contributed by atoms with Gasteiger partial charge in [0, 0.05) is 75.1 Å². The fourth-order valence-electron chi connectivity index (χ4n) is 14.5. The molecule has 0 radical (unpaired) electrons. The van der Waals surface area contributed by atoms with Gasteiger partial charge in [-0.25, -0.2) is 0 Å². The molecule has 72 heavy (non-hydrogen) atoms. The number of hydrogen-bond donors (Lipinski definition) is 0. The Morgan fingerprint density at radius 3 is 0.417 bits per heavy atom. The van der Waals surface area contributed by atoms with Gasteiger partial charge >= 0.3 is 0 Å². The summed E-state index contributed by atoms with van der Waals surface area (Å²) >= 11 is 0. The Balaban J connectivity index is 1.00. The van der Waals surface area contributed by atoms with Gasteiger partial charge in [0.1, 0.15) is 0 Å². The average Bonchev–Trinajstić information content (AvgIpc) is 3.43. The number of hydrogen-bond acceptors (Lipinski definition) is 6. The first-order valence-corrected chi connectivity index (χ1v) is 26.7. The van der Waals surface area contributed by atoms with Crippen LogP contribution in [-0.4, -0.2) is 82.3 Å². The van der Waals surface area contributed by atoms with Gasteiger partial charge in [-0.15, -0.1) is 0 Å². The second-order valence-electron chi connectivity index (χ2n) is 22.7. The van der Waals surface area contributed by atoms with Gasteiger partial charge in [-0.2, -0.15) is 0 Å². The van der Waals surface area contributed by atoms with E-state index in [1.807, 2.05) is 42.7 Å². The molecule has 0 aromatic heterocycles. The molecule has 3 fully saturated rings. The Bertz CT molecular complexity index is 2190. The lowest BCUT2D eigenvalue weighted by molar-refractivity contribution is 0.0478. The summed E-state index contributed by atoms with van der Waals surface area (Å²) in [5.74, 6) is 0. The molecular weight excluding hydrogens is 889 g/mol. The Kier molecular flexibility index (Phi) is 14.9. The molecule has 0 aliphatic heterocycles. The number of benzene rings is 6. The van der Waals surface area contributed by atoms with Gasteiger partial charge < -0.3 is 28.4 Å². The van der Waals surface area contributed by atoms with E-state index < -0.39 is 0 Å². The van der Waals surface area contributed by atoms with E-state index in [0.717, 1.165) is 77.0 Å². The molecule has 0 atom stereocenters. The van der Waals surface area contributed by atoms with Crippen LogP contribution in [0.5, 0.6) is 0 Å². The van der Waals surface area contributed by atoms with Crippen LogP contribution >= 0.6 is 0 Å². The molecule has 28 rings (SSSR count). The number of ether oxygens (including phenoxy) is 6. The van der Waals surface area contributed by atoms with Crippen LogP contribution in [0.4, 0.5) is 0 Å². The number of rotatable bonds is 12. The normalized spacial score (nSPS) is 27.9. The predicted molar refractivity (Wildman–Crippen MR) is 292 cm³/mol. The van der Waals surface area contributed by atoms with E-state index in [0.29, 0.717) is 39.6 Å². The second-order valence-corrected chi connectivity index (χ2v) is 22.7. The maximum Gasteiger partial charge on any atom is 0.0559 e. The lowest BCUT2D eigenvalue weighted by Crippen LogP contribution is -2.44. The molecular formula is C66H78O6. The van der Waals surface area contributed by atoms with E-state index in [4.69, 9.17) is 28.4 Å². The third kappa shape index (κ3) is 9.35. The van der Waals surface area contributed by atoms with E-state index in [9.17, 15) is 0 Å². The molecule has 3 saturated carbocycles. The Morgan fingerprint density at radius 1 is 0.208 bits per heavy atom. The van der Waals surface area contributed by atoms with Crippen molar-refractivity contribution in [2.45, 2.75) is 110 Å². The lowest BCUT2D eigenvalue weighted by atomic mass is 9.59.